The summed E-state index contributed by atoms with van der Waals surface area (Å²) in [6, 6.07) is 0. The van der Waals surface area contributed by atoms with E-state index in [0.29, 0.717) is 31.6 Å². The lowest BCUT2D eigenvalue weighted by Crippen LogP contribution is -2.30. The van der Waals surface area contributed by atoms with E-state index in [4.69, 9.17) is 37.0 Å². The number of carbonyl (C=O) groups excluding carboxylic acids is 4. The van der Waals surface area contributed by atoms with Crippen molar-refractivity contribution in [2.24, 2.45) is 11.8 Å². The van der Waals surface area contributed by atoms with Crippen LogP contribution in [-0.2, 0) is 65.4 Å². The zero-order valence-corrected chi connectivity index (χ0v) is 57.4. The maximum absolute atomic E-state index is 13.0. The number of phosphoric acid groups is 2. The second-order valence-corrected chi connectivity index (χ2v) is 28.1. The molecular formula is C67H130O17P2. The van der Waals surface area contributed by atoms with Crippen molar-refractivity contribution in [2.75, 3.05) is 39.6 Å². The van der Waals surface area contributed by atoms with Gasteiger partial charge in [-0.25, -0.2) is 9.13 Å². The molecule has 0 heterocycles. The van der Waals surface area contributed by atoms with Gasteiger partial charge in [-0.2, -0.15) is 0 Å². The fourth-order valence-electron chi connectivity index (χ4n) is 10.1. The van der Waals surface area contributed by atoms with Gasteiger partial charge in [0, 0.05) is 25.7 Å². The predicted octanol–water partition coefficient (Wildman–Crippen LogP) is 18.8. The zero-order chi connectivity index (χ0) is 63.6. The molecule has 0 bridgehead atoms. The van der Waals surface area contributed by atoms with E-state index in [1.54, 1.807) is 0 Å². The van der Waals surface area contributed by atoms with Crippen LogP contribution in [0.3, 0.4) is 0 Å². The molecule has 0 fully saturated rings. The summed E-state index contributed by atoms with van der Waals surface area (Å²) in [5.41, 5.74) is 0. The van der Waals surface area contributed by atoms with Crippen LogP contribution in [0.15, 0.2) is 0 Å². The van der Waals surface area contributed by atoms with Crippen molar-refractivity contribution in [1.29, 1.82) is 0 Å². The van der Waals surface area contributed by atoms with E-state index in [1.807, 2.05) is 0 Å². The number of rotatable bonds is 66. The number of aliphatic hydroxyl groups excluding tert-OH is 1. The summed E-state index contributed by atoms with van der Waals surface area (Å²) >= 11 is 0. The molecule has 0 spiro atoms. The summed E-state index contributed by atoms with van der Waals surface area (Å²) in [4.78, 5) is 72.3. The Kier molecular flexibility index (Phi) is 58.0. The van der Waals surface area contributed by atoms with E-state index >= 15 is 0 Å². The van der Waals surface area contributed by atoms with E-state index in [0.717, 1.165) is 102 Å². The fraction of sp³-hybridized carbons (Fsp3) is 0.940. The molecule has 0 aliphatic heterocycles. The number of esters is 4. The Labute approximate surface area is 524 Å². The van der Waals surface area contributed by atoms with Crippen LogP contribution in [0.25, 0.3) is 0 Å². The average Bonchev–Trinajstić information content (AvgIpc) is 3.68. The molecule has 2 unspecified atom stereocenters. The van der Waals surface area contributed by atoms with E-state index in [1.165, 1.54) is 148 Å². The summed E-state index contributed by atoms with van der Waals surface area (Å²) in [7, 11) is -9.89. The molecule has 86 heavy (non-hydrogen) atoms. The van der Waals surface area contributed by atoms with Gasteiger partial charge < -0.3 is 33.8 Å². The van der Waals surface area contributed by atoms with Crippen LogP contribution < -0.4 is 0 Å². The SMILES string of the molecule is CCCCCCCCCCCCCCCCC(=O)OC[C@H](COP(=O)(O)OC[C@@H](O)COP(=O)(O)OC[C@@H](COC(=O)CCCCCCCCCC)OC(=O)CCCCCCCCCC(C)C)OC(=O)CCCCCCCCCCCCCC(C)C. The number of ether oxygens (including phenoxy) is 4. The Morgan fingerprint density at radius 1 is 0.314 bits per heavy atom. The highest BCUT2D eigenvalue weighted by Gasteiger charge is 2.30. The Bertz CT molecular complexity index is 1680. The van der Waals surface area contributed by atoms with Gasteiger partial charge in [-0.1, -0.05) is 286 Å². The molecule has 0 aliphatic rings. The molecule has 17 nitrogen and oxygen atoms in total. The maximum Gasteiger partial charge on any atom is 0.472 e. The number of unbranched alkanes of at least 4 members (excludes halogenated alkanes) is 36. The van der Waals surface area contributed by atoms with Crippen LogP contribution in [0, 0.1) is 11.8 Å². The highest BCUT2D eigenvalue weighted by atomic mass is 31.2. The third-order valence-corrected chi connectivity index (χ3v) is 17.4. The van der Waals surface area contributed by atoms with Crippen LogP contribution in [0.5, 0.6) is 0 Å². The monoisotopic (exact) mass is 1270 g/mol. The van der Waals surface area contributed by atoms with Crippen molar-refractivity contribution >= 4 is 39.5 Å². The molecule has 0 saturated heterocycles. The highest BCUT2D eigenvalue weighted by Crippen LogP contribution is 2.45. The Morgan fingerprint density at radius 3 is 0.791 bits per heavy atom. The van der Waals surface area contributed by atoms with Gasteiger partial charge in [-0.15, -0.1) is 0 Å². The largest absolute Gasteiger partial charge is 0.472 e. The molecule has 3 N–H and O–H groups in total. The Hall–Kier alpha value is -1.94. The van der Waals surface area contributed by atoms with E-state index in [2.05, 4.69) is 41.5 Å². The number of carbonyl (C=O) groups is 4. The molecule has 0 aromatic heterocycles. The third kappa shape index (κ3) is 60.9. The van der Waals surface area contributed by atoms with Gasteiger partial charge in [0.15, 0.2) is 12.2 Å². The molecule has 0 aliphatic carbocycles. The van der Waals surface area contributed by atoms with Gasteiger partial charge in [0.05, 0.1) is 26.4 Å². The average molecular weight is 1270 g/mol. The van der Waals surface area contributed by atoms with Crippen molar-refractivity contribution in [1.82, 2.24) is 0 Å². The minimum atomic E-state index is -4.95. The molecule has 0 radical (unpaired) electrons. The Balaban J connectivity index is 5.22. The van der Waals surface area contributed by atoms with Gasteiger partial charge in [0.1, 0.15) is 19.3 Å². The van der Waals surface area contributed by atoms with Gasteiger partial charge in [-0.05, 0) is 37.5 Å². The molecule has 0 aromatic carbocycles. The first-order valence-electron chi connectivity index (χ1n) is 35.0. The van der Waals surface area contributed by atoms with Crippen molar-refractivity contribution in [3.8, 4) is 0 Å². The standard InChI is InChI=1S/C67H130O17P2/c1-7-9-11-13-15-17-18-19-20-23-26-32-38-44-50-65(70)78-56-62(83-66(71)51-45-39-33-27-24-21-22-25-29-35-41-47-59(3)4)57-81-85(73,74)79-53-61(68)54-80-86(75,76)82-58-63(55-77-64(69)49-43-37-31-16-14-12-10-8-2)84-67(72)52-46-40-34-28-30-36-42-48-60(5)6/h59-63,68H,7-58H2,1-6H3,(H,73,74)(H,75,76)/t61-,62-,63-/m1/s1. The Morgan fingerprint density at radius 2 is 0.535 bits per heavy atom. The molecule has 0 aromatic rings. The lowest BCUT2D eigenvalue weighted by molar-refractivity contribution is -0.161. The topological polar surface area (TPSA) is 237 Å². The van der Waals surface area contributed by atoms with Crippen molar-refractivity contribution < 1.29 is 80.2 Å². The summed E-state index contributed by atoms with van der Waals surface area (Å²) in [5, 5.41) is 10.6. The first-order chi connectivity index (χ1) is 41.4. The maximum atomic E-state index is 13.0. The van der Waals surface area contributed by atoms with Gasteiger partial charge in [-0.3, -0.25) is 37.3 Å². The van der Waals surface area contributed by atoms with Gasteiger partial charge in [0.25, 0.3) is 0 Å². The zero-order valence-electron chi connectivity index (χ0n) is 55.6. The first kappa shape index (κ1) is 84.1. The number of hydrogen-bond acceptors (Lipinski definition) is 15. The summed E-state index contributed by atoms with van der Waals surface area (Å²) in [5.74, 6) is -0.671. The quantitative estimate of drug-likeness (QED) is 0.0222. The second kappa shape index (κ2) is 59.4. The molecule has 5 atom stereocenters. The lowest BCUT2D eigenvalue weighted by Gasteiger charge is -2.21. The van der Waals surface area contributed by atoms with Crippen molar-refractivity contribution in [3.05, 3.63) is 0 Å². The second-order valence-electron chi connectivity index (χ2n) is 25.2. The molecule has 510 valence electrons. The normalized spacial score (nSPS) is 14.2. The number of hydrogen-bond donors (Lipinski definition) is 3. The van der Waals surface area contributed by atoms with Crippen LogP contribution in [0.2, 0.25) is 0 Å². The minimum Gasteiger partial charge on any atom is -0.462 e. The van der Waals surface area contributed by atoms with Crippen molar-refractivity contribution in [2.45, 2.75) is 355 Å². The highest BCUT2D eigenvalue weighted by molar-refractivity contribution is 7.47. The predicted molar refractivity (Wildman–Crippen MR) is 345 cm³/mol. The van der Waals surface area contributed by atoms with Crippen molar-refractivity contribution in [3.63, 3.8) is 0 Å². The molecular weight excluding hydrogens is 1140 g/mol. The first-order valence-corrected chi connectivity index (χ1v) is 38.0. The number of phosphoric ester groups is 2. The van der Waals surface area contributed by atoms with Gasteiger partial charge >= 0.3 is 39.5 Å². The molecule has 19 heteroatoms. The van der Waals surface area contributed by atoms with Crippen LogP contribution >= 0.6 is 15.6 Å². The van der Waals surface area contributed by atoms with Crippen LogP contribution in [0.4, 0.5) is 0 Å². The van der Waals surface area contributed by atoms with Crippen LogP contribution in [-0.4, -0.2) is 96.7 Å². The minimum absolute atomic E-state index is 0.103. The lowest BCUT2D eigenvalue weighted by atomic mass is 10.0. The van der Waals surface area contributed by atoms with Gasteiger partial charge in [0.2, 0.25) is 0 Å². The van der Waals surface area contributed by atoms with E-state index in [-0.39, 0.29) is 25.7 Å². The van der Waals surface area contributed by atoms with Crippen LogP contribution in [0.1, 0.15) is 337 Å². The fourth-order valence-corrected chi connectivity index (χ4v) is 11.6. The molecule has 0 rings (SSSR count). The van der Waals surface area contributed by atoms with E-state index in [9.17, 15) is 43.2 Å². The van der Waals surface area contributed by atoms with E-state index < -0.39 is 97.5 Å². The molecule has 0 saturated carbocycles. The smallest absolute Gasteiger partial charge is 0.462 e. The molecule has 0 amide bonds. The third-order valence-electron chi connectivity index (χ3n) is 15.5. The summed E-state index contributed by atoms with van der Waals surface area (Å²) in [6.07, 6.45) is 43.1. The number of aliphatic hydroxyl groups is 1. The summed E-state index contributed by atoms with van der Waals surface area (Å²) in [6.45, 7) is 9.44. The summed E-state index contributed by atoms with van der Waals surface area (Å²) < 4.78 is 68.1.